The molecule has 0 radical (unpaired) electrons. The minimum atomic E-state index is -4.98. The van der Waals surface area contributed by atoms with Crippen molar-refractivity contribution in [1.82, 2.24) is 0 Å². The molecule has 0 amide bonds. The summed E-state index contributed by atoms with van der Waals surface area (Å²) in [6.45, 7) is 0. The average molecular weight is 633 g/mol. The number of hydrogen-bond donors (Lipinski definition) is 0. The second-order valence-corrected chi connectivity index (χ2v) is 10.7. The van der Waals surface area contributed by atoms with Gasteiger partial charge in [-0.3, -0.25) is 9.59 Å². The standard InChI is InChI=1S/C32H29F2O8P.Na/c1-39-31-19-25(13-15-27(31)29(35)17-7-21-3-9-23(33)10-4-21)41-43(37,38)42-26-14-16-28(32(20-26)40-2)30(36)18-8-22-5-11-24(34)12-6-22;/h3-6,9-16,19-20H,7-8,17-18H2,1-2H3,(H,37,38);/q;+1/p-1. The van der Waals surface area contributed by atoms with E-state index in [4.69, 9.17) is 18.5 Å². The van der Waals surface area contributed by atoms with Crippen LogP contribution in [0.5, 0.6) is 23.0 Å². The molecule has 44 heavy (non-hydrogen) atoms. The maximum absolute atomic E-state index is 13.1. The monoisotopic (exact) mass is 632 g/mol. The zero-order valence-electron chi connectivity index (χ0n) is 24.4. The summed E-state index contributed by atoms with van der Waals surface area (Å²) in [5, 5.41) is 0. The van der Waals surface area contributed by atoms with Gasteiger partial charge in [0.15, 0.2) is 11.6 Å². The molecule has 0 unspecified atom stereocenters. The summed E-state index contributed by atoms with van der Waals surface area (Å²) < 4.78 is 59.7. The first-order chi connectivity index (χ1) is 20.6. The Bertz CT molecular complexity index is 1530. The molecular formula is C32H28F2NaO8P. The third-order valence-electron chi connectivity index (χ3n) is 6.49. The summed E-state index contributed by atoms with van der Waals surface area (Å²) in [5.41, 5.74) is 2.03. The molecule has 0 spiro atoms. The molecule has 0 fully saturated rings. The summed E-state index contributed by atoms with van der Waals surface area (Å²) in [7, 11) is -2.32. The van der Waals surface area contributed by atoms with Crippen LogP contribution in [-0.4, -0.2) is 25.8 Å². The molecule has 0 bridgehead atoms. The molecule has 0 atom stereocenters. The molecule has 0 N–H and O–H groups in total. The van der Waals surface area contributed by atoms with Gasteiger partial charge in [0.05, 0.1) is 25.3 Å². The molecule has 0 aliphatic rings. The number of hydrogen-bond acceptors (Lipinski definition) is 8. The molecule has 8 nitrogen and oxygen atoms in total. The minimum Gasteiger partial charge on any atom is -0.736 e. The number of aryl methyl sites for hydroxylation is 2. The predicted octanol–water partition coefficient (Wildman–Crippen LogP) is 3.54. The van der Waals surface area contributed by atoms with Crippen molar-refractivity contribution in [3.63, 3.8) is 0 Å². The number of benzene rings is 4. The smallest absolute Gasteiger partial charge is 0.736 e. The molecule has 0 saturated carbocycles. The van der Waals surface area contributed by atoms with Gasteiger partial charge in [0.1, 0.15) is 34.6 Å². The number of methoxy groups -OCH3 is 2. The average Bonchev–Trinajstić information content (AvgIpc) is 2.99. The first-order valence-electron chi connectivity index (χ1n) is 13.2. The van der Waals surface area contributed by atoms with Crippen molar-refractivity contribution in [2.75, 3.05) is 14.2 Å². The molecular weight excluding hydrogens is 604 g/mol. The van der Waals surface area contributed by atoms with Gasteiger partial charge in [-0.25, -0.2) is 13.3 Å². The first kappa shape index (κ1) is 35.0. The van der Waals surface area contributed by atoms with Crippen molar-refractivity contribution in [2.45, 2.75) is 25.7 Å². The van der Waals surface area contributed by atoms with E-state index >= 15 is 0 Å². The van der Waals surface area contributed by atoms with Gasteiger partial charge in [0.2, 0.25) is 0 Å². The third-order valence-corrected chi connectivity index (χ3v) is 7.36. The Kier molecular flexibility index (Phi) is 12.7. The number of rotatable bonds is 14. The van der Waals surface area contributed by atoms with Gasteiger partial charge in [-0.2, -0.15) is 0 Å². The van der Waals surface area contributed by atoms with Crippen LogP contribution in [0, 0.1) is 11.6 Å². The molecule has 4 aromatic carbocycles. The van der Waals surface area contributed by atoms with Gasteiger partial charge in [-0.15, -0.1) is 0 Å². The van der Waals surface area contributed by atoms with E-state index in [1.54, 1.807) is 24.3 Å². The Morgan fingerprint density at radius 1 is 0.659 bits per heavy atom. The van der Waals surface area contributed by atoms with Crippen LogP contribution >= 0.6 is 7.82 Å². The fourth-order valence-corrected chi connectivity index (χ4v) is 5.06. The largest absolute Gasteiger partial charge is 1.00 e. The van der Waals surface area contributed by atoms with Crippen LogP contribution in [0.2, 0.25) is 0 Å². The Hall–Kier alpha value is -3.53. The Morgan fingerprint density at radius 3 is 1.36 bits per heavy atom. The summed E-state index contributed by atoms with van der Waals surface area (Å²) in [6.07, 6.45) is 1.01. The molecule has 224 valence electrons. The third kappa shape index (κ3) is 9.74. The number of ketones is 2. The number of halogens is 2. The maximum Gasteiger partial charge on any atom is 1.00 e. The summed E-state index contributed by atoms with van der Waals surface area (Å²) in [4.78, 5) is 38.2. The van der Waals surface area contributed by atoms with Gasteiger partial charge in [0, 0.05) is 25.0 Å². The number of phosphoric ester groups is 1. The Morgan fingerprint density at radius 2 is 1.02 bits per heavy atom. The van der Waals surface area contributed by atoms with Crippen LogP contribution in [-0.2, 0) is 17.4 Å². The van der Waals surface area contributed by atoms with Gasteiger partial charge in [-0.05, 0) is 72.5 Å². The van der Waals surface area contributed by atoms with Crippen molar-refractivity contribution in [3.05, 3.63) is 119 Å². The van der Waals surface area contributed by atoms with E-state index in [9.17, 15) is 27.8 Å². The van der Waals surface area contributed by atoms with Crippen LogP contribution in [0.1, 0.15) is 44.7 Å². The van der Waals surface area contributed by atoms with Crippen molar-refractivity contribution in [3.8, 4) is 23.0 Å². The van der Waals surface area contributed by atoms with E-state index in [0.29, 0.717) is 12.8 Å². The van der Waals surface area contributed by atoms with Gasteiger partial charge in [0.25, 0.3) is 0 Å². The van der Waals surface area contributed by atoms with Crippen molar-refractivity contribution in [1.29, 1.82) is 0 Å². The van der Waals surface area contributed by atoms with Crippen molar-refractivity contribution < 1.29 is 75.9 Å². The zero-order valence-corrected chi connectivity index (χ0v) is 27.3. The topological polar surface area (TPSA) is 111 Å². The molecule has 0 heterocycles. The second-order valence-electron chi connectivity index (χ2n) is 9.45. The number of carbonyl (C=O) groups is 2. The Labute approximate surface area is 275 Å². The van der Waals surface area contributed by atoms with Crippen LogP contribution < -0.4 is 53.0 Å². The maximum atomic E-state index is 13.1. The van der Waals surface area contributed by atoms with E-state index in [1.165, 1.54) is 74.9 Å². The second kappa shape index (κ2) is 16.0. The molecule has 0 saturated heterocycles. The van der Waals surface area contributed by atoms with Crippen molar-refractivity contribution in [2.24, 2.45) is 0 Å². The number of Topliss-reactive ketones (excluding diaryl/α,β-unsaturated/α-hetero) is 2. The van der Waals surface area contributed by atoms with Crippen LogP contribution in [0.4, 0.5) is 8.78 Å². The zero-order chi connectivity index (χ0) is 31.0. The molecule has 0 aromatic heterocycles. The summed E-state index contributed by atoms with van der Waals surface area (Å²) >= 11 is 0. The van der Waals surface area contributed by atoms with Crippen LogP contribution in [0.3, 0.4) is 0 Å². The first-order valence-corrected chi connectivity index (χ1v) is 14.6. The van der Waals surface area contributed by atoms with E-state index in [2.05, 4.69) is 0 Å². The minimum absolute atomic E-state index is 0. The molecule has 4 rings (SSSR count). The number of phosphoric acid groups is 1. The van der Waals surface area contributed by atoms with Crippen LogP contribution in [0.25, 0.3) is 0 Å². The molecule has 4 aromatic rings. The van der Waals surface area contributed by atoms with Crippen molar-refractivity contribution >= 4 is 19.4 Å². The molecule has 12 heteroatoms. The van der Waals surface area contributed by atoms with Gasteiger partial charge in [-0.1, -0.05) is 24.3 Å². The van der Waals surface area contributed by atoms with E-state index in [-0.39, 0.29) is 99.7 Å². The molecule has 0 aliphatic carbocycles. The normalized spacial score (nSPS) is 10.8. The van der Waals surface area contributed by atoms with Gasteiger partial charge >= 0.3 is 37.4 Å². The van der Waals surface area contributed by atoms with E-state index in [1.807, 2.05) is 0 Å². The SMILES string of the molecule is COc1cc(OP(=O)([O-])Oc2ccc(C(=O)CCc3ccc(F)cc3)c(OC)c2)ccc1C(=O)CCc1ccc(F)cc1.[Na+]. The summed E-state index contributed by atoms with van der Waals surface area (Å²) in [6, 6.07) is 19.5. The fraction of sp³-hybridized carbons (Fsp3) is 0.188. The fourth-order valence-electron chi connectivity index (χ4n) is 4.28. The predicted molar refractivity (Wildman–Crippen MR) is 153 cm³/mol. The van der Waals surface area contributed by atoms with E-state index in [0.717, 1.165) is 11.1 Å². The van der Waals surface area contributed by atoms with Crippen LogP contribution in [0.15, 0.2) is 84.9 Å². The number of ether oxygens (including phenoxy) is 2. The molecule has 0 aliphatic heterocycles. The summed E-state index contributed by atoms with van der Waals surface area (Å²) in [5.74, 6) is -1.34. The number of carbonyl (C=O) groups excluding carboxylic acids is 2. The van der Waals surface area contributed by atoms with E-state index < -0.39 is 7.82 Å². The van der Waals surface area contributed by atoms with Gasteiger partial charge < -0.3 is 23.4 Å². The Balaban J connectivity index is 0.00000529. The quantitative estimate of drug-likeness (QED) is 0.118.